The fourth-order valence-corrected chi connectivity index (χ4v) is 9.35. The third-order valence-electron chi connectivity index (χ3n) is 14.1. The summed E-state index contributed by atoms with van der Waals surface area (Å²) in [6.07, 6.45) is 72.8. The van der Waals surface area contributed by atoms with Gasteiger partial charge in [-0.2, -0.15) is 0 Å². The summed E-state index contributed by atoms with van der Waals surface area (Å²) in [6, 6.07) is 0. The number of esters is 3. The zero-order chi connectivity index (χ0) is 51.4. The molecule has 0 unspecified atom stereocenters. The molecule has 0 saturated heterocycles. The topological polar surface area (TPSA) is 78.9 Å². The van der Waals surface area contributed by atoms with E-state index in [1.54, 1.807) is 0 Å². The van der Waals surface area contributed by atoms with Gasteiger partial charge in [-0.05, 0) is 77.0 Å². The first-order valence-corrected chi connectivity index (χ1v) is 31.5. The molecule has 0 heterocycles. The summed E-state index contributed by atoms with van der Waals surface area (Å²) < 4.78 is 16.9. The molecule has 1 atom stereocenters. The molecule has 0 radical (unpaired) electrons. The van der Waals surface area contributed by atoms with Gasteiger partial charge in [0, 0.05) is 19.3 Å². The average molecular weight is 998 g/mol. The van der Waals surface area contributed by atoms with E-state index in [1.807, 2.05) is 0 Å². The molecule has 0 rings (SSSR count). The first-order chi connectivity index (χ1) is 35.0. The zero-order valence-electron chi connectivity index (χ0n) is 47.8. The quantitative estimate of drug-likeness (QED) is 0.0261. The normalized spacial score (nSPS) is 12.2. The standard InChI is InChI=1S/C65H120O6/c1-4-7-10-13-16-19-22-25-28-31-32-35-38-41-44-47-50-53-56-59-65(68)71-62(60-69-63(66)57-54-51-48-45-42-39-36-33-29-26-23-20-17-14-11-8-5-2)61-70-64(67)58-55-52-49-46-43-40-37-34-30-27-24-21-18-15-12-9-6-3/h17,20,25-26,28-29,62H,4-16,18-19,21-24,27,30-61H2,1-3H3/b20-17-,28-25-,29-26-/t62-/m1/s1. The molecule has 416 valence electrons. The molecule has 0 fully saturated rings. The van der Waals surface area contributed by atoms with Gasteiger partial charge in [0.25, 0.3) is 0 Å². The van der Waals surface area contributed by atoms with E-state index in [9.17, 15) is 14.4 Å². The second kappa shape index (κ2) is 60.2. The lowest BCUT2D eigenvalue weighted by molar-refractivity contribution is -0.167. The van der Waals surface area contributed by atoms with Gasteiger partial charge in [0.05, 0.1) is 0 Å². The highest BCUT2D eigenvalue weighted by Crippen LogP contribution is 2.17. The van der Waals surface area contributed by atoms with E-state index in [2.05, 4.69) is 57.2 Å². The molecule has 0 N–H and O–H groups in total. The molecule has 0 aromatic rings. The van der Waals surface area contributed by atoms with Crippen LogP contribution in [0.5, 0.6) is 0 Å². The van der Waals surface area contributed by atoms with Crippen LogP contribution in [0.1, 0.15) is 342 Å². The number of ether oxygens (including phenoxy) is 3. The van der Waals surface area contributed by atoms with Crippen LogP contribution in [-0.4, -0.2) is 37.2 Å². The molecule has 0 spiro atoms. The SMILES string of the molecule is CCCCC/C=C\C/C=C\CCCCCCCCCC(=O)OC[C@H](COC(=O)CCCCCCCCCCCCCCCCCCC)OC(=O)CCCCCCCCCCC/C=C\CCCCCCCC. The summed E-state index contributed by atoms with van der Waals surface area (Å²) in [4.78, 5) is 38.3. The fraction of sp³-hybridized carbons (Fsp3) is 0.862. The number of rotatable bonds is 58. The Morgan fingerprint density at radius 3 is 0.817 bits per heavy atom. The molecule has 0 bridgehead atoms. The van der Waals surface area contributed by atoms with Crippen LogP contribution in [0.25, 0.3) is 0 Å². The van der Waals surface area contributed by atoms with Crippen LogP contribution < -0.4 is 0 Å². The number of carbonyl (C=O) groups is 3. The Hall–Kier alpha value is -2.37. The molecule has 0 aromatic carbocycles. The molecule has 71 heavy (non-hydrogen) atoms. The van der Waals surface area contributed by atoms with Crippen molar-refractivity contribution in [3.63, 3.8) is 0 Å². The Bertz CT molecular complexity index is 1190. The van der Waals surface area contributed by atoms with Gasteiger partial charge >= 0.3 is 17.9 Å². The minimum Gasteiger partial charge on any atom is -0.462 e. The number of hydrogen-bond acceptors (Lipinski definition) is 6. The molecule has 6 nitrogen and oxygen atoms in total. The Balaban J connectivity index is 4.35. The van der Waals surface area contributed by atoms with E-state index >= 15 is 0 Å². The van der Waals surface area contributed by atoms with E-state index in [-0.39, 0.29) is 31.1 Å². The fourth-order valence-electron chi connectivity index (χ4n) is 9.35. The highest BCUT2D eigenvalue weighted by Gasteiger charge is 2.19. The number of allylic oxidation sites excluding steroid dienone is 6. The van der Waals surface area contributed by atoms with Crippen molar-refractivity contribution in [3.05, 3.63) is 36.5 Å². The van der Waals surface area contributed by atoms with Crippen molar-refractivity contribution in [2.45, 2.75) is 348 Å². The van der Waals surface area contributed by atoms with Crippen molar-refractivity contribution in [1.29, 1.82) is 0 Å². The number of carbonyl (C=O) groups excluding carboxylic acids is 3. The first-order valence-electron chi connectivity index (χ1n) is 31.5. The second-order valence-corrected chi connectivity index (χ2v) is 21.3. The maximum Gasteiger partial charge on any atom is 0.306 e. The van der Waals surface area contributed by atoms with Crippen LogP contribution in [0.15, 0.2) is 36.5 Å². The van der Waals surface area contributed by atoms with Crippen molar-refractivity contribution in [1.82, 2.24) is 0 Å². The predicted molar refractivity (Wildman–Crippen MR) is 307 cm³/mol. The summed E-state index contributed by atoms with van der Waals surface area (Å²) in [6.45, 7) is 6.66. The van der Waals surface area contributed by atoms with Gasteiger partial charge in [-0.15, -0.1) is 0 Å². The Morgan fingerprint density at radius 2 is 0.507 bits per heavy atom. The Morgan fingerprint density at radius 1 is 0.282 bits per heavy atom. The monoisotopic (exact) mass is 997 g/mol. The van der Waals surface area contributed by atoms with E-state index in [1.165, 1.54) is 231 Å². The molecule has 0 aliphatic heterocycles. The number of unbranched alkanes of at least 4 members (excludes halogenated alkanes) is 41. The average Bonchev–Trinajstić information content (AvgIpc) is 3.37. The summed E-state index contributed by atoms with van der Waals surface area (Å²) in [7, 11) is 0. The van der Waals surface area contributed by atoms with Gasteiger partial charge < -0.3 is 14.2 Å². The van der Waals surface area contributed by atoms with Crippen LogP contribution in [-0.2, 0) is 28.6 Å². The van der Waals surface area contributed by atoms with Crippen LogP contribution in [0.2, 0.25) is 0 Å². The van der Waals surface area contributed by atoms with Gasteiger partial charge in [-0.3, -0.25) is 14.4 Å². The van der Waals surface area contributed by atoms with E-state index in [0.29, 0.717) is 19.3 Å². The van der Waals surface area contributed by atoms with E-state index < -0.39 is 6.10 Å². The van der Waals surface area contributed by atoms with Gasteiger partial charge in [0.1, 0.15) is 13.2 Å². The molecule has 0 aromatic heterocycles. The van der Waals surface area contributed by atoms with Crippen molar-refractivity contribution in [2.75, 3.05) is 13.2 Å². The largest absolute Gasteiger partial charge is 0.462 e. The summed E-state index contributed by atoms with van der Waals surface area (Å²) in [5.41, 5.74) is 0. The second-order valence-electron chi connectivity index (χ2n) is 21.3. The summed E-state index contributed by atoms with van der Waals surface area (Å²) >= 11 is 0. The number of hydrogen-bond donors (Lipinski definition) is 0. The van der Waals surface area contributed by atoms with Crippen LogP contribution in [0.3, 0.4) is 0 Å². The highest BCUT2D eigenvalue weighted by molar-refractivity contribution is 5.71. The predicted octanol–water partition coefficient (Wildman–Crippen LogP) is 21.2. The molecule has 6 heteroatoms. The van der Waals surface area contributed by atoms with Crippen molar-refractivity contribution >= 4 is 17.9 Å². The molecular weight excluding hydrogens is 877 g/mol. The van der Waals surface area contributed by atoms with E-state index in [4.69, 9.17) is 14.2 Å². The molecule has 0 aliphatic rings. The van der Waals surface area contributed by atoms with Crippen LogP contribution in [0, 0.1) is 0 Å². The molecule has 0 aliphatic carbocycles. The Labute approximate surface area is 442 Å². The zero-order valence-corrected chi connectivity index (χ0v) is 47.8. The minimum absolute atomic E-state index is 0.0712. The lowest BCUT2D eigenvalue weighted by Crippen LogP contribution is -2.30. The lowest BCUT2D eigenvalue weighted by atomic mass is 10.0. The molecule has 0 saturated carbocycles. The molecular formula is C65H120O6. The minimum atomic E-state index is -0.774. The van der Waals surface area contributed by atoms with Gasteiger partial charge in [-0.1, -0.05) is 282 Å². The highest BCUT2D eigenvalue weighted by atomic mass is 16.6. The van der Waals surface area contributed by atoms with Crippen molar-refractivity contribution in [2.24, 2.45) is 0 Å². The summed E-state index contributed by atoms with van der Waals surface area (Å²) in [5.74, 6) is -0.858. The van der Waals surface area contributed by atoms with Gasteiger partial charge in [-0.25, -0.2) is 0 Å². The molecule has 0 amide bonds. The third-order valence-corrected chi connectivity index (χ3v) is 14.1. The summed E-state index contributed by atoms with van der Waals surface area (Å²) in [5, 5.41) is 0. The smallest absolute Gasteiger partial charge is 0.306 e. The van der Waals surface area contributed by atoms with Crippen molar-refractivity contribution < 1.29 is 28.6 Å². The third kappa shape index (κ3) is 58.4. The lowest BCUT2D eigenvalue weighted by Gasteiger charge is -2.18. The maximum atomic E-state index is 12.9. The first kappa shape index (κ1) is 68.6. The maximum absolute atomic E-state index is 12.9. The van der Waals surface area contributed by atoms with Crippen LogP contribution in [0.4, 0.5) is 0 Å². The van der Waals surface area contributed by atoms with E-state index in [0.717, 1.165) is 70.6 Å². The van der Waals surface area contributed by atoms with Gasteiger partial charge in [0.2, 0.25) is 0 Å². The Kier molecular flexibility index (Phi) is 58.2. The van der Waals surface area contributed by atoms with Crippen LogP contribution >= 0.6 is 0 Å². The van der Waals surface area contributed by atoms with Gasteiger partial charge in [0.15, 0.2) is 6.10 Å². The van der Waals surface area contributed by atoms with Crippen molar-refractivity contribution in [3.8, 4) is 0 Å².